The van der Waals surface area contributed by atoms with Gasteiger partial charge in [0.05, 0.1) is 12.0 Å². The fraction of sp³-hybridized carbons (Fsp3) is 0.412. The normalized spacial score (nSPS) is 14.7. The molecule has 0 radical (unpaired) electrons. The first-order chi connectivity index (χ1) is 11.3. The van der Waals surface area contributed by atoms with Gasteiger partial charge in [-0.15, -0.1) is 24.0 Å². The van der Waals surface area contributed by atoms with E-state index in [1.54, 1.807) is 42.5 Å². The molecule has 1 aromatic carbocycles. The van der Waals surface area contributed by atoms with Crippen LogP contribution in [0.2, 0.25) is 0 Å². The summed E-state index contributed by atoms with van der Waals surface area (Å²) in [5.41, 5.74) is 1.37. The fourth-order valence-corrected chi connectivity index (χ4v) is 2.62. The van der Waals surface area contributed by atoms with E-state index in [1.165, 1.54) is 19.3 Å². The van der Waals surface area contributed by atoms with Crippen LogP contribution in [0, 0.1) is 11.7 Å². The summed E-state index contributed by atoms with van der Waals surface area (Å²) in [6.45, 7) is 1.49. The van der Waals surface area contributed by atoms with Gasteiger partial charge in [-0.1, -0.05) is 12.5 Å². The Morgan fingerprint density at radius 3 is 2.79 bits per heavy atom. The van der Waals surface area contributed by atoms with Crippen LogP contribution in [0.5, 0.6) is 0 Å². The minimum atomic E-state index is -0.264. The van der Waals surface area contributed by atoms with Gasteiger partial charge in [0.2, 0.25) is 0 Å². The van der Waals surface area contributed by atoms with Crippen LogP contribution < -0.4 is 10.6 Å². The first-order valence-corrected chi connectivity index (χ1v) is 7.97. The average molecular weight is 443 g/mol. The molecule has 1 aliphatic rings. The maximum atomic E-state index is 14.2. The number of rotatable bonds is 5. The van der Waals surface area contributed by atoms with Gasteiger partial charge in [-0.3, -0.25) is 4.99 Å². The number of halogens is 2. The van der Waals surface area contributed by atoms with Crippen molar-refractivity contribution in [2.75, 3.05) is 13.6 Å². The van der Waals surface area contributed by atoms with Crippen LogP contribution in [0.25, 0.3) is 5.69 Å². The van der Waals surface area contributed by atoms with Gasteiger partial charge in [0.25, 0.3) is 0 Å². The van der Waals surface area contributed by atoms with Crippen LogP contribution in [0.3, 0.4) is 0 Å². The molecule has 5 nitrogen and oxygen atoms in total. The van der Waals surface area contributed by atoms with Gasteiger partial charge in [0, 0.05) is 32.5 Å². The smallest absolute Gasteiger partial charge is 0.191 e. The third-order valence-electron chi connectivity index (χ3n) is 4.26. The molecule has 0 amide bonds. The van der Waals surface area contributed by atoms with E-state index in [4.69, 9.17) is 0 Å². The van der Waals surface area contributed by atoms with Crippen LogP contribution in [-0.4, -0.2) is 29.1 Å². The summed E-state index contributed by atoms with van der Waals surface area (Å²) in [5, 5.41) is 6.55. The Hall–Kier alpha value is -1.64. The molecule has 1 heterocycles. The first-order valence-electron chi connectivity index (χ1n) is 7.97. The highest BCUT2D eigenvalue weighted by Gasteiger charge is 2.17. The summed E-state index contributed by atoms with van der Waals surface area (Å²) >= 11 is 0. The number of hydrogen-bond acceptors (Lipinski definition) is 2. The summed E-state index contributed by atoms with van der Waals surface area (Å²) in [6, 6.07) is 5.21. The summed E-state index contributed by atoms with van der Waals surface area (Å²) in [5.74, 6) is 1.26. The van der Waals surface area contributed by atoms with Gasteiger partial charge in [-0.05, 0) is 36.5 Å². The number of benzene rings is 1. The predicted molar refractivity (Wildman–Crippen MR) is 104 cm³/mol. The first kappa shape index (κ1) is 18.7. The molecule has 0 aliphatic heterocycles. The van der Waals surface area contributed by atoms with Crippen molar-refractivity contribution in [3.63, 3.8) is 0 Å². The SMILES string of the molecule is CN=C(NCc1ccc(-n2ccnc2)c(F)c1)NCC1CCC1.I. The Labute approximate surface area is 158 Å². The molecule has 2 N–H and O–H groups in total. The van der Waals surface area contributed by atoms with Crippen molar-refractivity contribution in [1.82, 2.24) is 20.2 Å². The zero-order chi connectivity index (χ0) is 16.1. The van der Waals surface area contributed by atoms with E-state index in [0.29, 0.717) is 12.2 Å². The largest absolute Gasteiger partial charge is 0.356 e. The lowest BCUT2D eigenvalue weighted by Crippen LogP contribution is -2.40. The van der Waals surface area contributed by atoms with Gasteiger partial charge >= 0.3 is 0 Å². The number of nitrogens with zero attached hydrogens (tertiary/aromatic N) is 3. The molecule has 1 saturated carbocycles. The van der Waals surface area contributed by atoms with Gasteiger partial charge < -0.3 is 15.2 Å². The van der Waals surface area contributed by atoms with Crippen molar-refractivity contribution in [1.29, 1.82) is 0 Å². The van der Waals surface area contributed by atoms with Crippen LogP contribution in [0.1, 0.15) is 24.8 Å². The van der Waals surface area contributed by atoms with Crippen LogP contribution in [-0.2, 0) is 6.54 Å². The van der Waals surface area contributed by atoms with Crippen molar-refractivity contribution >= 4 is 29.9 Å². The van der Waals surface area contributed by atoms with Gasteiger partial charge in [0.1, 0.15) is 5.82 Å². The minimum absolute atomic E-state index is 0. The highest BCUT2D eigenvalue weighted by atomic mass is 127. The molecule has 1 aliphatic carbocycles. The molecule has 0 unspecified atom stereocenters. The molecule has 7 heteroatoms. The molecule has 2 aromatic rings. The highest BCUT2D eigenvalue weighted by molar-refractivity contribution is 14.0. The number of aliphatic imine (C=N–C) groups is 1. The Morgan fingerprint density at radius 1 is 1.38 bits per heavy atom. The zero-order valence-corrected chi connectivity index (χ0v) is 16.0. The topological polar surface area (TPSA) is 54.2 Å². The summed E-state index contributed by atoms with van der Waals surface area (Å²) < 4.78 is 15.9. The van der Waals surface area contributed by atoms with Crippen molar-refractivity contribution in [3.8, 4) is 5.69 Å². The quantitative estimate of drug-likeness (QED) is 0.425. The second kappa shape index (κ2) is 9.00. The molecule has 130 valence electrons. The number of aromatic nitrogens is 2. The molecule has 0 saturated heterocycles. The van der Waals surface area contributed by atoms with Crippen LogP contribution in [0.4, 0.5) is 4.39 Å². The summed E-state index contributed by atoms with van der Waals surface area (Å²) in [4.78, 5) is 8.14. The third-order valence-corrected chi connectivity index (χ3v) is 4.26. The lowest BCUT2D eigenvalue weighted by Gasteiger charge is -2.26. The van der Waals surface area contributed by atoms with Gasteiger partial charge in [-0.25, -0.2) is 9.37 Å². The number of hydrogen-bond donors (Lipinski definition) is 2. The van der Waals surface area contributed by atoms with Crippen molar-refractivity contribution in [2.45, 2.75) is 25.8 Å². The van der Waals surface area contributed by atoms with E-state index in [0.717, 1.165) is 24.0 Å². The lowest BCUT2D eigenvalue weighted by atomic mass is 9.85. The highest BCUT2D eigenvalue weighted by Crippen LogP contribution is 2.25. The molecule has 1 fully saturated rings. The second-order valence-corrected chi connectivity index (χ2v) is 5.86. The summed E-state index contributed by atoms with van der Waals surface area (Å²) in [7, 11) is 1.75. The van der Waals surface area contributed by atoms with E-state index in [9.17, 15) is 4.39 Å². The van der Waals surface area contributed by atoms with E-state index < -0.39 is 0 Å². The molecule has 0 spiro atoms. The van der Waals surface area contributed by atoms with E-state index >= 15 is 0 Å². The molecule has 0 atom stereocenters. The molecule has 1 aromatic heterocycles. The van der Waals surface area contributed by atoms with E-state index in [1.807, 2.05) is 6.07 Å². The fourth-order valence-electron chi connectivity index (χ4n) is 2.62. The van der Waals surface area contributed by atoms with Gasteiger partial charge in [0.15, 0.2) is 5.96 Å². The van der Waals surface area contributed by atoms with Crippen LogP contribution >= 0.6 is 24.0 Å². The zero-order valence-electron chi connectivity index (χ0n) is 13.7. The number of imidazole rings is 1. The van der Waals surface area contributed by atoms with Crippen LogP contribution in [0.15, 0.2) is 41.9 Å². The molecule has 0 bridgehead atoms. The van der Waals surface area contributed by atoms with Crippen molar-refractivity contribution < 1.29 is 4.39 Å². The van der Waals surface area contributed by atoms with E-state index in [-0.39, 0.29) is 29.8 Å². The Kier molecular flexibility index (Phi) is 7.01. The molecular weight excluding hydrogens is 420 g/mol. The standard InChI is InChI=1S/C17H22FN5.HI/c1-19-17(21-10-13-3-2-4-13)22-11-14-5-6-16(15(18)9-14)23-8-7-20-12-23;/h5-9,12-13H,2-4,10-11H2,1H3,(H2,19,21,22);1H. The Morgan fingerprint density at radius 2 is 2.21 bits per heavy atom. The number of nitrogens with one attached hydrogen (secondary N) is 2. The average Bonchev–Trinajstić information content (AvgIpc) is 3.03. The van der Waals surface area contributed by atoms with Gasteiger partial charge in [-0.2, -0.15) is 0 Å². The maximum Gasteiger partial charge on any atom is 0.191 e. The third kappa shape index (κ3) is 4.68. The Balaban J connectivity index is 0.00000208. The molecule has 24 heavy (non-hydrogen) atoms. The predicted octanol–water partition coefficient (Wildman–Crippen LogP) is 3.09. The second-order valence-electron chi connectivity index (χ2n) is 5.86. The van der Waals surface area contributed by atoms with E-state index in [2.05, 4.69) is 20.6 Å². The minimum Gasteiger partial charge on any atom is -0.356 e. The summed E-state index contributed by atoms with van der Waals surface area (Å²) in [6.07, 6.45) is 8.87. The van der Waals surface area contributed by atoms with Crippen molar-refractivity contribution in [3.05, 3.63) is 48.3 Å². The molecule has 3 rings (SSSR count). The van der Waals surface area contributed by atoms with Crippen molar-refractivity contribution in [2.24, 2.45) is 10.9 Å². The monoisotopic (exact) mass is 443 g/mol. The Bertz CT molecular complexity index is 668. The molecular formula is C17H23FIN5. The maximum absolute atomic E-state index is 14.2. The number of guanidine groups is 1. The lowest BCUT2D eigenvalue weighted by molar-refractivity contribution is 0.314.